The Balaban J connectivity index is 2.15. The number of hydrogen-bond acceptors (Lipinski definition) is 4. The van der Waals surface area contributed by atoms with E-state index in [1.165, 1.54) is 6.42 Å². The van der Waals surface area contributed by atoms with Gasteiger partial charge in [-0.15, -0.1) is 0 Å². The predicted molar refractivity (Wildman–Crippen MR) is 68.7 cm³/mol. The van der Waals surface area contributed by atoms with Crippen LogP contribution in [-0.4, -0.2) is 53.4 Å². The Morgan fingerprint density at radius 1 is 1.25 bits per heavy atom. The van der Waals surface area contributed by atoms with Gasteiger partial charge in [-0.2, -0.15) is 0 Å². The molecule has 2 N–H and O–H groups in total. The molecule has 0 atom stereocenters. The largest absolute Gasteiger partial charge is 0.398 e. The number of nitrogens with zero attached hydrogens (tertiary/aromatic N) is 1. The molecular weight excluding hydrogens is 220 g/mol. The zero-order valence-corrected chi connectivity index (χ0v) is 11.9. The molecule has 1 rings (SSSR count). The van der Waals surface area contributed by atoms with Gasteiger partial charge >= 0.3 is 8.56 Å². The highest BCUT2D eigenvalue weighted by Gasteiger charge is 2.28. The Morgan fingerprint density at radius 3 is 2.31 bits per heavy atom. The van der Waals surface area contributed by atoms with Crippen LogP contribution in [0.2, 0.25) is 12.6 Å². The van der Waals surface area contributed by atoms with Gasteiger partial charge in [0.2, 0.25) is 0 Å². The van der Waals surface area contributed by atoms with E-state index in [2.05, 4.69) is 11.4 Å². The van der Waals surface area contributed by atoms with Crippen molar-refractivity contribution < 1.29 is 8.85 Å². The summed E-state index contributed by atoms with van der Waals surface area (Å²) >= 11 is 0. The highest BCUT2D eigenvalue weighted by molar-refractivity contribution is 6.65. The van der Waals surface area contributed by atoms with E-state index in [1.54, 1.807) is 14.2 Å². The van der Waals surface area contributed by atoms with Gasteiger partial charge < -0.3 is 19.5 Å². The minimum atomic E-state index is -1.85. The third-order valence-electron chi connectivity index (χ3n) is 3.60. The van der Waals surface area contributed by atoms with Crippen molar-refractivity contribution >= 4 is 8.56 Å². The first-order valence-corrected chi connectivity index (χ1v) is 8.70. The monoisotopic (exact) mass is 246 g/mol. The lowest BCUT2D eigenvalue weighted by Gasteiger charge is -2.31. The average Bonchev–Trinajstić information content (AvgIpc) is 2.31. The molecule has 1 heterocycles. The van der Waals surface area contributed by atoms with Crippen molar-refractivity contribution in [3.8, 4) is 0 Å². The molecule has 0 saturated carbocycles. The first-order chi connectivity index (χ1) is 7.59. The van der Waals surface area contributed by atoms with Gasteiger partial charge in [0.25, 0.3) is 0 Å². The third-order valence-corrected chi connectivity index (χ3v) is 6.59. The number of nitrogens with two attached hydrogens (primary N) is 1. The standard InChI is InChI=1S/C11H26N2O2Si/c1-14-16(3,15-2)10-4-7-13-8-5-11(12)6-9-13/h11H,4-10,12H2,1-3H3. The summed E-state index contributed by atoms with van der Waals surface area (Å²) in [6.45, 7) is 5.58. The molecule has 0 aromatic rings. The van der Waals surface area contributed by atoms with E-state index in [9.17, 15) is 0 Å². The molecule has 0 bridgehead atoms. The summed E-state index contributed by atoms with van der Waals surface area (Å²) < 4.78 is 10.9. The van der Waals surface area contributed by atoms with Crippen LogP contribution >= 0.6 is 0 Å². The Bertz CT molecular complexity index is 192. The van der Waals surface area contributed by atoms with Crippen LogP contribution in [0.15, 0.2) is 0 Å². The summed E-state index contributed by atoms with van der Waals surface area (Å²) in [6.07, 6.45) is 3.45. The molecule has 4 nitrogen and oxygen atoms in total. The average molecular weight is 246 g/mol. The maximum atomic E-state index is 5.88. The third kappa shape index (κ3) is 4.51. The molecule has 0 spiro atoms. The van der Waals surface area contributed by atoms with Crippen LogP contribution in [0.4, 0.5) is 0 Å². The van der Waals surface area contributed by atoms with E-state index in [-0.39, 0.29) is 0 Å². The van der Waals surface area contributed by atoms with E-state index in [0.29, 0.717) is 6.04 Å². The summed E-state index contributed by atoms with van der Waals surface area (Å²) in [5.41, 5.74) is 5.88. The lowest BCUT2D eigenvalue weighted by molar-refractivity contribution is 0.206. The SMILES string of the molecule is CO[Si](C)(CCCN1CCC(N)CC1)OC. The van der Waals surface area contributed by atoms with Crippen molar-refractivity contribution in [3.63, 3.8) is 0 Å². The van der Waals surface area contributed by atoms with E-state index in [1.807, 2.05) is 0 Å². The van der Waals surface area contributed by atoms with Crippen molar-refractivity contribution in [2.45, 2.75) is 37.9 Å². The smallest absolute Gasteiger partial charge is 0.334 e. The summed E-state index contributed by atoms with van der Waals surface area (Å²) in [5, 5.41) is 0. The second-order valence-electron chi connectivity index (χ2n) is 4.82. The fraction of sp³-hybridized carbons (Fsp3) is 1.00. The second-order valence-corrected chi connectivity index (χ2v) is 8.41. The van der Waals surface area contributed by atoms with E-state index in [4.69, 9.17) is 14.6 Å². The van der Waals surface area contributed by atoms with Gasteiger partial charge in [-0.1, -0.05) is 0 Å². The first-order valence-electron chi connectivity index (χ1n) is 6.18. The number of rotatable bonds is 6. The molecule has 0 aliphatic carbocycles. The molecule has 1 aliphatic rings. The van der Waals surface area contributed by atoms with Crippen LogP contribution < -0.4 is 5.73 Å². The van der Waals surface area contributed by atoms with Crippen LogP contribution in [-0.2, 0) is 8.85 Å². The van der Waals surface area contributed by atoms with Crippen molar-refractivity contribution in [2.24, 2.45) is 5.73 Å². The number of piperidine rings is 1. The van der Waals surface area contributed by atoms with Gasteiger partial charge in [0.05, 0.1) is 0 Å². The number of hydrogen-bond donors (Lipinski definition) is 1. The van der Waals surface area contributed by atoms with Crippen molar-refractivity contribution in [1.29, 1.82) is 0 Å². The topological polar surface area (TPSA) is 47.7 Å². The summed E-state index contributed by atoms with van der Waals surface area (Å²) in [7, 11) is 1.67. The molecule has 1 fully saturated rings. The molecule has 0 aromatic heterocycles. The Labute approximate surface area is 100 Å². The molecule has 1 saturated heterocycles. The van der Waals surface area contributed by atoms with Crippen LogP contribution in [0.25, 0.3) is 0 Å². The number of likely N-dealkylation sites (tertiary alicyclic amines) is 1. The van der Waals surface area contributed by atoms with Crippen molar-refractivity contribution in [2.75, 3.05) is 33.9 Å². The predicted octanol–water partition coefficient (Wildman–Crippen LogP) is 1.16. The van der Waals surface area contributed by atoms with Crippen LogP contribution in [0, 0.1) is 0 Å². The van der Waals surface area contributed by atoms with Gasteiger partial charge in [-0.05, 0) is 51.5 Å². The molecule has 1 aliphatic heterocycles. The summed E-state index contributed by atoms with van der Waals surface area (Å²) in [4.78, 5) is 2.50. The molecule has 5 heteroatoms. The Morgan fingerprint density at radius 2 is 1.81 bits per heavy atom. The van der Waals surface area contributed by atoms with Crippen LogP contribution in [0.1, 0.15) is 19.3 Å². The van der Waals surface area contributed by atoms with Crippen LogP contribution in [0.5, 0.6) is 0 Å². The maximum Gasteiger partial charge on any atom is 0.334 e. The minimum Gasteiger partial charge on any atom is -0.398 e. The zero-order chi connectivity index (χ0) is 12.0. The van der Waals surface area contributed by atoms with E-state index in [0.717, 1.165) is 38.5 Å². The fourth-order valence-corrected chi connectivity index (χ4v) is 3.46. The molecule has 16 heavy (non-hydrogen) atoms. The molecule has 0 amide bonds. The highest BCUT2D eigenvalue weighted by atomic mass is 28.4. The summed E-state index contributed by atoms with van der Waals surface area (Å²) in [5.74, 6) is 0. The maximum absolute atomic E-state index is 5.88. The Hall–Kier alpha value is 0.0569. The lowest BCUT2D eigenvalue weighted by atomic mass is 10.1. The van der Waals surface area contributed by atoms with E-state index >= 15 is 0 Å². The fourth-order valence-electron chi connectivity index (χ4n) is 2.09. The van der Waals surface area contributed by atoms with Gasteiger partial charge in [0.1, 0.15) is 0 Å². The molecule has 96 valence electrons. The second kappa shape index (κ2) is 6.71. The molecule has 0 aromatic carbocycles. The van der Waals surface area contributed by atoms with Gasteiger partial charge in [-0.3, -0.25) is 0 Å². The molecule has 0 radical (unpaired) electrons. The van der Waals surface area contributed by atoms with Gasteiger partial charge in [0, 0.05) is 20.3 Å². The van der Waals surface area contributed by atoms with Crippen molar-refractivity contribution in [1.82, 2.24) is 4.90 Å². The molecule has 0 unspecified atom stereocenters. The lowest BCUT2D eigenvalue weighted by Crippen LogP contribution is -2.41. The van der Waals surface area contributed by atoms with E-state index < -0.39 is 8.56 Å². The van der Waals surface area contributed by atoms with Crippen molar-refractivity contribution in [3.05, 3.63) is 0 Å². The summed E-state index contributed by atoms with van der Waals surface area (Å²) in [6, 6.07) is 1.50. The molecular formula is C11H26N2O2Si. The minimum absolute atomic E-state index is 0.425. The normalized spacial score (nSPS) is 20.2. The van der Waals surface area contributed by atoms with Crippen LogP contribution in [0.3, 0.4) is 0 Å². The quantitative estimate of drug-likeness (QED) is 0.715. The zero-order valence-electron chi connectivity index (χ0n) is 10.9. The van der Waals surface area contributed by atoms with Gasteiger partial charge in [-0.25, -0.2) is 0 Å². The van der Waals surface area contributed by atoms with Gasteiger partial charge in [0.15, 0.2) is 0 Å². The highest BCUT2D eigenvalue weighted by Crippen LogP contribution is 2.15. The Kier molecular flexibility index (Phi) is 5.92. The first kappa shape index (κ1) is 14.1.